The van der Waals surface area contributed by atoms with Crippen LogP contribution in [0.25, 0.3) is 0 Å². The average molecular weight is 1020 g/mol. The number of nitrogens with two attached hydrogens (primary N) is 5. The molecule has 2 saturated heterocycles. The number of nitrogens with one attached hydrogen (secondary N) is 5. The summed E-state index contributed by atoms with van der Waals surface area (Å²) in [4.78, 5) is 121. The van der Waals surface area contributed by atoms with Crippen molar-refractivity contribution in [3.8, 4) is 5.75 Å². The Labute approximate surface area is 420 Å². The third kappa shape index (κ3) is 18.7. The van der Waals surface area contributed by atoms with Crippen LogP contribution in [0.4, 0.5) is 0 Å². The minimum atomic E-state index is -1.33. The van der Waals surface area contributed by atoms with Crippen molar-refractivity contribution in [2.24, 2.45) is 50.5 Å². The van der Waals surface area contributed by atoms with E-state index in [4.69, 9.17) is 28.7 Å². The van der Waals surface area contributed by atoms with Crippen LogP contribution in [-0.4, -0.2) is 160 Å². The van der Waals surface area contributed by atoms with Crippen LogP contribution >= 0.6 is 12.6 Å². The number of carboxylic acid groups (broad SMARTS) is 1. The zero-order valence-electron chi connectivity index (χ0n) is 41.2. The van der Waals surface area contributed by atoms with E-state index in [0.29, 0.717) is 31.2 Å². The lowest BCUT2D eigenvalue weighted by Crippen LogP contribution is -2.60. The number of carbonyl (C=O) groups is 8. The first-order valence-electron chi connectivity index (χ1n) is 24.2. The van der Waals surface area contributed by atoms with E-state index in [0.717, 1.165) is 0 Å². The third-order valence-electron chi connectivity index (χ3n) is 12.5. The molecule has 0 aliphatic carbocycles. The van der Waals surface area contributed by atoms with Gasteiger partial charge in [0.15, 0.2) is 11.9 Å². The molecule has 3 rings (SSSR count). The molecule has 0 aromatic heterocycles. The predicted molar refractivity (Wildman–Crippen MR) is 269 cm³/mol. The third-order valence-corrected chi connectivity index (χ3v) is 12.8. The number of phenols is 1. The lowest BCUT2D eigenvalue weighted by atomic mass is 9.96. The number of nitrogens with zero attached hydrogens (tertiary/aromatic N) is 4. The Morgan fingerprint density at radius 3 is 1.69 bits per heavy atom. The number of hydrogen-bond donors (Lipinski definition) is 13. The second kappa shape index (κ2) is 29.1. The molecule has 71 heavy (non-hydrogen) atoms. The van der Waals surface area contributed by atoms with Gasteiger partial charge in [-0.25, -0.2) is 4.79 Å². The molecule has 2 fully saturated rings. The van der Waals surface area contributed by atoms with E-state index < -0.39 is 102 Å². The lowest BCUT2D eigenvalue weighted by molar-refractivity contribution is -0.143. The van der Waals surface area contributed by atoms with Crippen molar-refractivity contribution in [2.75, 3.05) is 31.9 Å². The summed E-state index contributed by atoms with van der Waals surface area (Å²) >= 11 is 4.12. The van der Waals surface area contributed by atoms with Gasteiger partial charge in [0.1, 0.15) is 48.0 Å². The number of aliphatic carboxylic acids is 1. The van der Waals surface area contributed by atoms with Crippen LogP contribution in [0.3, 0.4) is 0 Å². The van der Waals surface area contributed by atoms with Crippen molar-refractivity contribution in [1.29, 1.82) is 0 Å². The van der Waals surface area contributed by atoms with Gasteiger partial charge in [0.25, 0.3) is 0 Å². The van der Waals surface area contributed by atoms with Gasteiger partial charge in [0, 0.05) is 38.4 Å². The van der Waals surface area contributed by atoms with Crippen molar-refractivity contribution in [2.45, 2.75) is 147 Å². The number of hydrogen-bond acceptors (Lipinski definition) is 13. The summed E-state index contributed by atoms with van der Waals surface area (Å²) in [6.45, 7) is 7.73. The van der Waals surface area contributed by atoms with Gasteiger partial charge in [-0.15, -0.1) is 0 Å². The summed E-state index contributed by atoms with van der Waals surface area (Å²) in [5.74, 6) is -6.72. The number of carbonyl (C=O) groups excluding carboxylic acids is 7. The van der Waals surface area contributed by atoms with E-state index in [2.05, 4.69) is 49.2 Å². The molecule has 0 bridgehead atoms. The van der Waals surface area contributed by atoms with Gasteiger partial charge in [0.05, 0.1) is 6.04 Å². The largest absolute Gasteiger partial charge is 0.508 e. The first kappa shape index (κ1) is 58.9. The molecule has 17 N–H and O–H groups in total. The molecule has 9 atom stereocenters. The zero-order chi connectivity index (χ0) is 52.9. The van der Waals surface area contributed by atoms with E-state index >= 15 is 0 Å². The van der Waals surface area contributed by atoms with E-state index in [1.54, 1.807) is 26.0 Å². The first-order chi connectivity index (χ1) is 33.6. The summed E-state index contributed by atoms with van der Waals surface area (Å²) in [5.41, 5.74) is 28.6. The zero-order valence-corrected chi connectivity index (χ0v) is 42.1. The maximum Gasteiger partial charge on any atom is 0.326 e. The van der Waals surface area contributed by atoms with Crippen LogP contribution < -0.4 is 55.3 Å². The maximum absolute atomic E-state index is 14.7. The van der Waals surface area contributed by atoms with E-state index in [1.165, 1.54) is 21.9 Å². The SMILES string of the molecule is CC[C@H](C)[C@H](NC(=O)[C@H](Cc1ccc(O)cc1)NC(=O)[C@@H]1CCCN1C(=O)[C@H](CCCN=C(N)N)NC(=O)[C@H](CCCN=C(N)N)NC(=O)[C@@H]1CCCN1C(=O)[C@@H](N)CS)C(=O)N[C@@H](CC(C)C)C(=O)O. The van der Waals surface area contributed by atoms with Gasteiger partial charge >= 0.3 is 5.97 Å². The van der Waals surface area contributed by atoms with Crippen molar-refractivity contribution in [3.05, 3.63) is 29.8 Å². The number of amides is 7. The second-order valence-electron chi connectivity index (χ2n) is 18.5. The highest BCUT2D eigenvalue weighted by Gasteiger charge is 2.41. The topological polar surface area (TPSA) is 398 Å². The molecule has 0 radical (unpaired) electrons. The lowest BCUT2D eigenvalue weighted by Gasteiger charge is -2.32. The van der Waals surface area contributed by atoms with Gasteiger partial charge in [0.2, 0.25) is 41.4 Å². The molecule has 25 heteroatoms. The number of rotatable bonds is 28. The Morgan fingerprint density at radius 1 is 0.704 bits per heavy atom. The number of aromatic hydroxyl groups is 1. The van der Waals surface area contributed by atoms with Gasteiger partial charge in [-0.1, -0.05) is 46.2 Å². The fraction of sp³-hybridized carbons (Fsp3) is 0.652. The van der Waals surface area contributed by atoms with Gasteiger partial charge in [-0.05, 0) is 87.3 Å². The smallest absolute Gasteiger partial charge is 0.326 e. The molecule has 0 spiro atoms. The van der Waals surface area contributed by atoms with Crippen molar-refractivity contribution in [1.82, 2.24) is 36.4 Å². The maximum atomic E-state index is 14.7. The fourth-order valence-electron chi connectivity index (χ4n) is 8.43. The van der Waals surface area contributed by atoms with Crippen LogP contribution in [0, 0.1) is 11.8 Å². The highest BCUT2D eigenvalue weighted by Crippen LogP contribution is 2.23. The number of carboxylic acids is 1. The number of aliphatic imine (C=N–C) groups is 2. The molecule has 1 aromatic carbocycles. The van der Waals surface area contributed by atoms with Crippen molar-refractivity contribution < 1.29 is 48.6 Å². The van der Waals surface area contributed by atoms with Gasteiger partial charge in [-0.2, -0.15) is 12.6 Å². The fourth-order valence-corrected chi connectivity index (χ4v) is 8.58. The predicted octanol–water partition coefficient (Wildman–Crippen LogP) is -2.12. The summed E-state index contributed by atoms with van der Waals surface area (Å²) in [7, 11) is 0. The molecule has 2 heterocycles. The van der Waals surface area contributed by atoms with Crippen LogP contribution in [0.2, 0.25) is 0 Å². The summed E-state index contributed by atoms with van der Waals surface area (Å²) in [5, 5.41) is 33.4. The summed E-state index contributed by atoms with van der Waals surface area (Å²) in [6, 6.07) is -3.28. The normalized spacial score (nSPS) is 18.4. The number of thiol groups is 1. The van der Waals surface area contributed by atoms with E-state index in [9.17, 15) is 48.6 Å². The van der Waals surface area contributed by atoms with Gasteiger partial charge in [-0.3, -0.25) is 43.5 Å². The molecule has 2 aliphatic heterocycles. The Balaban J connectivity index is 1.94. The second-order valence-corrected chi connectivity index (χ2v) is 18.9. The minimum Gasteiger partial charge on any atom is -0.508 e. The van der Waals surface area contributed by atoms with Crippen LogP contribution in [0.1, 0.15) is 97.5 Å². The number of guanidine groups is 2. The van der Waals surface area contributed by atoms with E-state index in [1.807, 2.05) is 13.8 Å². The van der Waals surface area contributed by atoms with Crippen molar-refractivity contribution >= 4 is 71.9 Å². The number of likely N-dealkylation sites (tertiary alicyclic amines) is 2. The molecule has 396 valence electrons. The molecule has 2 aliphatic rings. The number of benzene rings is 1. The minimum absolute atomic E-state index is 0.00175. The first-order valence-corrected chi connectivity index (χ1v) is 24.8. The highest BCUT2D eigenvalue weighted by molar-refractivity contribution is 7.80. The molecule has 0 saturated carbocycles. The molecule has 0 unspecified atom stereocenters. The number of phenolic OH excluding ortho intramolecular Hbond substituents is 1. The van der Waals surface area contributed by atoms with Crippen LogP contribution in [-0.2, 0) is 44.8 Å². The quantitative estimate of drug-likeness (QED) is 0.0185. The van der Waals surface area contributed by atoms with Gasteiger partial charge < -0.3 is 75.3 Å². The monoisotopic (exact) mass is 1020 g/mol. The Kier molecular flexibility index (Phi) is 24.1. The average Bonchev–Trinajstić information content (AvgIpc) is 4.03. The highest BCUT2D eigenvalue weighted by atomic mass is 32.1. The molecule has 7 amide bonds. The Hall–Kier alpha value is -6.37. The van der Waals surface area contributed by atoms with Crippen LogP contribution in [0.5, 0.6) is 5.75 Å². The Bertz CT molecular complexity index is 2050. The summed E-state index contributed by atoms with van der Waals surface area (Å²) in [6.07, 6.45) is 2.32. The molecular formula is C46H76N14O10S. The van der Waals surface area contributed by atoms with E-state index in [-0.39, 0.29) is 100 Å². The van der Waals surface area contributed by atoms with Crippen molar-refractivity contribution in [3.63, 3.8) is 0 Å². The standard InChI is InChI=1S/C46H76N14O10S/c1-5-26(4)36(41(66)57-33(44(69)70)22-25(2)3)58-38(63)32(23-27-14-16-28(61)17-15-27)56-40(65)35-13-9-21-60(35)43(68)31(11-7-19-53-46(50)51)55-37(62)30(10-6-18-52-45(48)49)54-39(64)34-12-8-20-59(34)42(67)29(47)24-71/h14-17,25-26,29-36,61,71H,5-13,18-24,47H2,1-4H3,(H,54,64)(H,55,62)(H,56,65)(H,57,66)(H,58,63)(H,69,70)(H4,48,49,52)(H4,50,51,53)/t26-,29-,30-,31-,32-,33-,34-,35-,36-/m0/s1. The molecular weight excluding hydrogens is 941 g/mol. The molecule has 1 aromatic rings. The Morgan fingerprint density at radius 2 is 1.20 bits per heavy atom. The molecule has 24 nitrogen and oxygen atoms in total. The van der Waals surface area contributed by atoms with Crippen LogP contribution in [0.15, 0.2) is 34.3 Å². The summed E-state index contributed by atoms with van der Waals surface area (Å²) < 4.78 is 0.